The predicted octanol–water partition coefficient (Wildman–Crippen LogP) is 0.853. The van der Waals surface area contributed by atoms with Gasteiger partial charge in [-0.3, -0.25) is 4.79 Å². The molecule has 0 saturated carbocycles. The lowest BCUT2D eigenvalue weighted by molar-refractivity contribution is -0.153. The van der Waals surface area contributed by atoms with Gasteiger partial charge in [-0.05, 0) is 37.1 Å². The fraction of sp³-hybridized carbons (Fsp3) is 0.533. The topological polar surface area (TPSA) is 108 Å². The van der Waals surface area contributed by atoms with Crippen molar-refractivity contribution in [1.29, 1.82) is 0 Å². The number of sulfonamides is 1. The summed E-state index contributed by atoms with van der Waals surface area (Å²) >= 11 is 0. The Morgan fingerprint density at radius 3 is 2.39 bits per heavy atom. The van der Waals surface area contributed by atoms with Gasteiger partial charge in [-0.1, -0.05) is 6.92 Å². The zero-order chi connectivity index (χ0) is 17.1. The Morgan fingerprint density at radius 2 is 1.87 bits per heavy atom. The largest absolute Gasteiger partial charge is 0.352 e. The second kappa shape index (κ2) is 6.96. The molecule has 1 heterocycles. The lowest BCUT2D eigenvalue weighted by Crippen LogP contribution is -2.34. The summed E-state index contributed by atoms with van der Waals surface area (Å²) in [6.45, 7) is 5.54. The van der Waals surface area contributed by atoms with Crippen LogP contribution in [0.25, 0.3) is 0 Å². The molecule has 3 N–H and O–H groups in total. The minimum Gasteiger partial charge on any atom is -0.352 e. The number of primary sulfonamides is 1. The molecule has 1 aliphatic heterocycles. The number of ether oxygens (including phenoxy) is 2. The summed E-state index contributed by atoms with van der Waals surface area (Å²) in [6, 6.07) is 5.50. The number of nitrogens with two attached hydrogens (primary N) is 1. The summed E-state index contributed by atoms with van der Waals surface area (Å²) in [7, 11) is -3.75. The molecule has 128 valence electrons. The molecule has 1 fully saturated rings. The number of carbonyl (C=O) groups is 1. The molecule has 0 radical (unpaired) electrons. The van der Waals surface area contributed by atoms with Crippen LogP contribution in [0.1, 0.15) is 30.6 Å². The van der Waals surface area contributed by atoms with E-state index in [2.05, 4.69) is 5.32 Å². The van der Waals surface area contributed by atoms with Crippen LogP contribution in [0.3, 0.4) is 0 Å². The molecule has 1 aromatic carbocycles. The number of hydrogen-bond donors (Lipinski definition) is 2. The highest BCUT2D eigenvalue weighted by Gasteiger charge is 2.32. The van der Waals surface area contributed by atoms with Crippen LogP contribution in [0.15, 0.2) is 29.2 Å². The van der Waals surface area contributed by atoms with Gasteiger partial charge >= 0.3 is 0 Å². The zero-order valence-electron chi connectivity index (χ0n) is 13.2. The van der Waals surface area contributed by atoms with Gasteiger partial charge < -0.3 is 14.8 Å². The lowest BCUT2D eigenvalue weighted by Gasteiger charge is -2.26. The van der Waals surface area contributed by atoms with E-state index in [1.165, 1.54) is 24.3 Å². The Morgan fingerprint density at radius 1 is 1.30 bits per heavy atom. The van der Waals surface area contributed by atoms with Gasteiger partial charge in [0.05, 0.1) is 18.1 Å². The minimum absolute atomic E-state index is 0.0223. The highest BCUT2D eigenvalue weighted by molar-refractivity contribution is 7.89. The summed E-state index contributed by atoms with van der Waals surface area (Å²) < 4.78 is 33.4. The maximum Gasteiger partial charge on any atom is 0.251 e. The molecular formula is C15H22N2O5S. The third kappa shape index (κ3) is 5.00. The zero-order valence-corrected chi connectivity index (χ0v) is 14.1. The normalized spacial score (nSPS) is 18.6. The van der Waals surface area contributed by atoms with Crippen molar-refractivity contribution < 1.29 is 22.7 Å². The van der Waals surface area contributed by atoms with E-state index in [1.807, 2.05) is 13.8 Å². The molecule has 1 aliphatic rings. The number of rotatable bonds is 6. The van der Waals surface area contributed by atoms with E-state index in [0.717, 1.165) is 0 Å². The van der Waals surface area contributed by atoms with Crippen molar-refractivity contribution in [3.8, 4) is 0 Å². The first kappa shape index (κ1) is 17.9. The average molecular weight is 342 g/mol. The SMILES string of the molecule is C[C@H](CNC(=O)c1ccc(S(N)(=O)=O)cc1)CC1(C)OCCO1. The molecular weight excluding hydrogens is 320 g/mol. The number of carbonyl (C=O) groups excluding carboxylic acids is 1. The van der Waals surface area contributed by atoms with Gasteiger partial charge in [0.2, 0.25) is 10.0 Å². The third-order valence-corrected chi connectivity index (χ3v) is 4.60. The second-order valence-corrected chi connectivity index (χ2v) is 7.48. The van der Waals surface area contributed by atoms with Crippen molar-refractivity contribution in [3.05, 3.63) is 29.8 Å². The van der Waals surface area contributed by atoms with Gasteiger partial charge in [-0.15, -0.1) is 0 Å². The molecule has 23 heavy (non-hydrogen) atoms. The van der Waals surface area contributed by atoms with E-state index >= 15 is 0 Å². The summed E-state index contributed by atoms with van der Waals surface area (Å²) in [5, 5.41) is 7.84. The second-order valence-electron chi connectivity index (χ2n) is 5.92. The molecule has 0 aromatic heterocycles. The highest BCUT2D eigenvalue weighted by atomic mass is 32.2. The summed E-state index contributed by atoms with van der Waals surface area (Å²) in [5.74, 6) is -0.677. The Labute approximate surface area is 136 Å². The van der Waals surface area contributed by atoms with Gasteiger partial charge in [0.25, 0.3) is 5.91 Å². The van der Waals surface area contributed by atoms with Gasteiger partial charge in [0.1, 0.15) is 0 Å². The van der Waals surface area contributed by atoms with Crippen LogP contribution < -0.4 is 10.5 Å². The fourth-order valence-electron chi connectivity index (χ4n) is 2.54. The van der Waals surface area contributed by atoms with E-state index < -0.39 is 15.8 Å². The Hall–Kier alpha value is -1.48. The predicted molar refractivity (Wildman–Crippen MR) is 84.2 cm³/mol. The maximum absolute atomic E-state index is 12.1. The van der Waals surface area contributed by atoms with Crippen LogP contribution in [-0.2, 0) is 19.5 Å². The van der Waals surface area contributed by atoms with Crippen LogP contribution >= 0.6 is 0 Å². The third-order valence-electron chi connectivity index (χ3n) is 3.67. The average Bonchev–Trinajstić information content (AvgIpc) is 2.90. The smallest absolute Gasteiger partial charge is 0.251 e. The van der Waals surface area contributed by atoms with Crippen molar-refractivity contribution in [2.24, 2.45) is 11.1 Å². The van der Waals surface area contributed by atoms with Gasteiger partial charge in [0.15, 0.2) is 5.79 Å². The number of amides is 1. The first-order valence-electron chi connectivity index (χ1n) is 7.39. The monoisotopic (exact) mass is 342 g/mol. The molecule has 1 aromatic rings. The van der Waals surface area contributed by atoms with E-state index in [9.17, 15) is 13.2 Å². The van der Waals surface area contributed by atoms with Crippen molar-refractivity contribution in [2.75, 3.05) is 19.8 Å². The molecule has 1 atom stereocenters. The quantitative estimate of drug-likeness (QED) is 0.797. The minimum atomic E-state index is -3.75. The van der Waals surface area contributed by atoms with E-state index in [0.29, 0.717) is 31.7 Å². The van der Waals surface area contributed by atoms with E-state index in [1.54, 1.807) is 0 Å². The molecule has 8 heteroatoms. The van der Waals surface area contributed by atoms with Crippen molar-refractivity contribution >= 4 is 15.9 Å². The standard InChI is InChI=1S/C15H22N2O5S/c1-11(9-15(2)21-7-8-22-15)10-17-14(18)12-3-5-13(6-4-12)23(16,19)20/h3-6,11H,7-10H2,1-2H3,(H,17,18)(H2,16,19,20)/t11-/m0/s1. The van der Waals surface area contributed by atoms with Gasteiger partial charge in [-0.25, -0.2) is 13.6 Å². The summed E-state index contributed by atoms with van der Waals surface area (Å²) in [5.41, 5.74) is 0.379. The van der Waals surface area contributed by atoms with Gasteiger partial charge in [0, 0.05) is 18.5 Å². The first-order chi connectivity index (χ1) is 10.7. The van der Waals surface area contributed by atoms with Crippen LogP contribution in [0.5, 0.6) is 0 Å². The van der Waals surface area contributed by atoms with E-state index in [4.69, 9.17) is 14.6 Å². The molecule has 0 unspecified atom stereocenters. The van der Waals surface area contributed by atoms with Crippen LogP contribution in [-0.4, -0.2) is 39.9 Å². The van der Waals surface area contributed by atoms with Crippen molar-refractivity contribution in [2.45, 2.75) is 31.0 Å². The van der Waals surface area contributed by atoms with Crippen molar-refractivity contribution in [1.82, 2.24) is 5.32 Å². The molecule has 2 rings (SSSR count). The van der Waals surface area contributed by atoms with Crippen molar-refractivity contribution in [3.63, 3.8) is 0 Å². The van der Waals surface area contributed by atoms with E-state index in [-0.39, 0.29) is 16.7 Å². The highest BCUT2D eigenvalue weighted by Crippen LogP contribution is 2.26. The molecule has 7 nitrogen and oxygen atoms in total. The summed E-state index contributed by atoms with van der Waals surface area (Å²) in [6.07, 6.45) is 0.678. The molecule has 0 bridgehead atoms. The Kier molecular flexibility index (Phi) is 5.41. The van der Waals surface area contributed by atoms with Gasteiger partial charge in [-0.2, -0.15) is 0 Å². The number of nitrogens with one attached hydrogen (secondary N) is 1. The van der Waals surface area contributed by atoms with Crippen LogP contribution in [0, 0.1) is 5.92 Å². The fourth-order valence-corrected chi connectivity index (χ4v) is 3.06. The number of benzene rings is 1. The Bertz CT molecular complexity index is 651. The van der Waals surface area contributed by atoms with Crippen LogP contribution in [0.4, 0.5) is 0 Å². The van der Waals surface area contributed by atoms with Crippen LogP contribution in [0.2, 0.25) is 0 Å². The lowest BCUT2D eigenvalue weighted by atomic mass is 10.0. The maximum atomic E-state index is 12.1. The Balaban J connectivity index is 1.87. The molecule has 1 saturated heterocycles. The molecule has 1 amide bonds. The summed E-state index contributed by atoms with van der Waals surface area (Å²) in [4.78, 5) is 12.1. The molecule has 0 aliphatic carbocycles. The number of hydrogen-bond acceptors (Lipinski definition) is 5. The molecule has 0 spiro atoms. The first-order valence-corrected chi connectivity index (χ1v) is 8.93.